The smallest absolute Gasteiger partial charge is 0.0118 e. The van der Waals surface area contributed by atoms with Gasteiger partial charge in [0.15, 0.2) is 0 Å². The third-order valence-corrected chi connectivity index (χ3v) is 6.28. The zero-order valence-corrected chi connectivity index (χ0v) is 15.1. The summed E-state index contributed by atoms with van der Waals surface area (Å²) >= 11 is 0. The Balaban J connectivity index is 1.97. The minimum Gasteiger partial charge on any atom is -0.314 e. The molecule has 0 radical (unpaired) electrons. The molecule has 2 rings (SSSR count). The molecule has 0 bridgehead atoms. The molecule has 1 N–H and O–H groups in total. The summed E-state index contributed by atoms with van der Waals surface area (Å²) < 4.78 is 0. The molecule has 0 heterocycles. The summed E-state index contributed by atoms with van der Waals surface area (Å²) in [4.78, 5) is 2.71. The van der Waals surface area contributed by atoms with Gasteiger partial charge in [0, 0.05) is 18.6 Å². The Bertz CT molecular complexity index is 304. The first-order valence-electron chi connectivity index (χ1n) is 9.46. The van der Waals surface area contributed by atoms with Crippen LogP contribution in [0.3, 0.4) is 0 Å². The van der Waals surface area contributed by atoms with E-state index in [2.05, 4.69) is 45.0 Å². The van der Waals surface area contributed by atoms with Crippen LogP contribution in [0.4, 0.5) is 0 Å². The maximum Gasteiger partial charge on any atom is 0.0118 e. The second kappa shape index (κ2) is 7.97. The third kappa shape index (κ3) is 4.45. The molecule has 2 saturated carbocycles. The van der Waals surface area contributed by atoms with Crippen molar-refractivity contribution < 1.29 is 0 Å². The normalized spacial score (nSPS) is 41.4. The quantitative estimate of drug-likeness (QED) is 0.819. The van der Waals surface area contributed by atoms with E-state index in [1.807, 2.05) is 0 Å². The molecule has 0 saturated heterocycles. The predicted molar refractivity (Wildman–Crippen MR) is 92.6 cm³/mol. The summed E-state index contributed by atoms with van der Waals surface area (Å²) in [6.07, 6.45) is 8.53. The molecule has 0 aromatic carbocycles. The maximum atomic E-state index is 3.79. The monoisotopic (exact) mass is 294 g/mol. The van der Waals surface area contributed by atoms with E-state index in [9.17, 15) is 0 Å². The summed E-state index contributed by atoms with van der Waals surface area (Å²) in [5.41, 5.74) is 0. The second-order valence-electron chi connectivity index (χ2n) is 8.15. The van der Waals surface area contributed by atoms with Crippen molar-refractivity contribution in [1.82, 2.24) is 10.2 Å². The minimum absolute atomic E-state index is 0.732. The molecule has 0 spiro atoms. The molecule has 0 aliphatic heterocycles. The highest BCUT2D eigenvalue weighted by atomic mass is 15.1. The predicted octanol–water partition coefficient (Wildman–Crippen LogP) is 4.16. The van der Waals surface area contributed by atoms with Crippen LogP contribution in [0.2, 0.25) is 0 Å². The molecule has 6 atom stereocenters. The first-order valence-corrected chi connectivity index (χ1v) is 9.46. The van der Waals surface area contributed by atoms with Gasteiger partial charge in [0.25, 0.3) is 0 Å². The largest absolute Gasteiger partial charge is 0.314 e. The molecular weight excluding hydrogens is 256 g/mol. The van der Waals surface area contributed by atoms with Gasteiger partial charge in [-0.25, -0.2) is 0 Å². The second-order valence-corrected chi connectivity index (χ2v) is 8.15. The lowest BCUT2D eigenvalue weighted by Gasteiger charge is -2.45. The molecule has 2 heteroatoms. The van der Waals surface area contributed by atoms with Crippen LogP contribution < -0.4 is 5.32 Å². The molecule has 124 valence electrons. The summed E-state index contributed by atoms with van der Waals surface area (Å²) in [5.74, 6) is 3.47. The summed E-state index contributed by atoms with van der Waals surface area (Å²) in [7, 11) is 2.39. The summed E-state index contributed by atoms with van der Waals surface area (Å²) in [5, 5.41) is 3.79. The molecule has 2 aliphatic rings. The number of hydrogen-bond donors (Lipinski definition) is 1. The minimum atomic E-state index is 0.732. The number of rotatable bonds is 5. The van der Waals surface area contributed by atoms with E-state index in [0.29, 0.717) is 0 Å². The van der Waals surface area contributed by atoms with Crippen LogP contribution in [0, 0.1) is 23.7 Å². The highest BCUT2D eigenvalue weighted by Crippen LogP contribution is 2.36. The van der Waals surface area contributed by atoms with Gasteiger partial charge in [0.05, 0.1) is 0 Å². The van der Waals surface area contributed by atoms with Gasteiger partial charge >= 0.3 is 0 Å². The van der Waals surface area contributed by atoms with Crippen molar-refractivity contribution in [3.8, 4) is 0 Å². The molecule has 21 heavy (non-hydrogen) atoms. The Morgan fingerprint density at radius 2 is 1.71 bits per heavy atom. The van der Waals surface area contributed by atoms with E-state index < -0.39 is 0 Å². The van der Waals surface area contributed by atoms with Crippen molar-refractivity contribution in [1.29, 1.82) is 0 Å². The van der Waals surface area contributed by atoms with Crippen molar-refractivity contribution in [3.05, 3.63) is 0 Å². The molecule has 6 unspecified atom stereocenters. The average Bonchev–Trinajstić information content (AvgIpc) is 2.43. The van der Waals surface area contributed by atoms with Crippen molar-refractivity contribution >= 4 is 0 Å². The standard InChI is InChI=1S/C19H38N2/c1-6-20-18-12-14(2)11-16(4)17(18)13-21(5)19-10-8-7-9-15(19)3/h14-20H,6-13H2,1-5H3. The average molecular weight is 295 g/mol. The molecule has 2 nitrogen and oxygen atoms in total. The van der Waals surface area contributed by atoms with Gasteiger partial charge in [-0.05, 0) is 62.9 Å². The van der Waals surface area contributed by atoms with Gasteiger partial charge in [0.1, 0.15) is 0 Å². The fourth-order valence-corrected chi connectivity index (χ4v) is 5.13. The third-order valence-electron chi connectivity index (χ3n) is 6.28. The SMILES string of the molecule is CCNC1CC(C)CC(C)C1CN(C)C1CCCCC1C. The first kappa shape index (κ1) is 17.3. The molecule has 0 aromatic heterocycles. The van der Waals surface area contributed by atoms with E-state index in [-0.39, 0.29) is 0 Å². The molecular formula is C19H38N2. The van der Waals surface area contributed by atoms with Crippen LogP contribution in [0.1, 0.15) is 66.2 Å². The Hall–Kier alpha value is -0.0800. The fourth-order valence-electron chi connectivity index (χ4n) is 5.13. The Morgan fingerprint density at radius 3 is 2.38 bits per heavy atom. The van der Waals surface area contributed by atoms with E-state index in [1.54, 1.807) is 0 Å². The van der Waals surface area contributed by atoms with Gasteiger partial charge in [-0.2, -0.15) is 0 Å². The maximum absolute atomic E-state index is 3.79. The van der Waals surface area contributed by atoms with E-state index in [0.717, 1.165) is 42.3 Å². The topological polar surface area (TPSA) is 15.3 Å². The van der Waals surface area contributed by atoms with Crippen LogP contribution in [0.25, 0.3) is 0 Å². The van der Waals surface area contributed by atoms with E-state index >= 15 is 0 Å². The van der Waals surface area contributed by atoms with Crippen LogP contribution in [-0.2, 0) is 0 Å². The zero-order valence-electron chi connectivity index (χ0n) is 15.1. The van der Waals surface area contributed by atoms with Gasteiger partial charge in [-0.1, -0.05) is 40.5 Å². The molecule has 2 fully saturated rings. The van der Waals surface area contributed by atoms with Crippen LogP contribution in [0.5, 0.6) is 0 Å². The van der Waals surface area contributed by atoms with Crippen LogP contribution >= 0.6 is 0 Å². The fraction of sp³-hybridized carbons (Fsp3) is 1.00. The highest BCUT2D eigenvalue weighted by Gasteiger charge is 2.35. The molecule has 2 aliphatic carbocycles. The number of nitrogens with zero attached hydrogens (tertiary/aromatic N) is 1. The molecule has 0 aromatic rings. The van der Waals surface area contributed by atoms with Gasteiger partial charge in [-0.3, -0.25) is 0 Å². The van der Waals surface area contributed by atoms with Crippen molar-refractivity contribution in [2.45, 2.75) is 78.3 Å². The lowest BCUT2D eigenvalue weighted by Crippen LogP contribution is -2.51. The number of nitrogens with one attached hydrogen (secondary N) is 1. The first-order chi connectivity index (χ1) is 10.0. The van der Waals surface area contributed by atoms with Gasteiger partial charge < -0.3 is 10.2 Å². The Morgan fingerprint density at radius 1 is 1.00 bits per heavy atom. The van der Waals surface area contributed by atoms with Gasteiger partial charge in [-0.15, -0.1) is 0 Å². The summed E-state index contributed by atoms with van der Waals surface area (Å²) in [6, 6.07) is 1.56. The number of hydrogen-bond acceptors (Lipinski definition) is 2. The van der Waals surface area contributed by atoms with Crippen molar-refractivity contribution in [2.75, 3.05) is 20.1 Å². The van der Waals surface area contributed by atoms with E-state index in [1.165, 1.54) is 45.1 Å². The lowest BCUT2D eigenvalue weighted by atomic mass is 9.71. The van der Waals surface area contributed by atoms with Gasteiger partial charge in [0.2, 0.25) is 0 Å². The zero-order chi connectivity index (χ0) is 15.4. The van der Waals surface area contributed by atoms with E-state index in [4.69, 9.17) is 0 Å². The highest BCUT2D eigenvalue weighted by molar-refractivity contribution is 4.90. The Kier molecular flexibility index (Phi) is 6.55. The lowest BCUT2D eigenvalue weighted by molar-refractivity contribution is 0.0669. The molecule has 0 amide bonds. The van der Waals surface area contributed by atoms with Crippen LogP contribution in [0.15, 0.2) is 0 Å². The van der Waals surface area contributed by atoms with Crippen LogP contribution in [-0.4, -0.2) is 37.1 Å². The van der Waals surface area contributed by atoms with Crippen molar-refractivity contribution in [2.24, 2.45) is 23.7 Å². The van der Waals surface area contributed by atoms with Crippen molar-refractivity contribution in [3.63, 3.8) is 0 Å². The summed E-state index contributed by atoms with van der Waals surface area (Å²) in [6.45, 7) is 12.1. The Labute approximate surface area is 133 Å².